The summed E-state index contributed by atoms with van der Waals surface area (Å²) >= 11 is 6.63. The van der Waals surface area contributed by atoms with Gasteiger partial charge >= 0.3 is 6.09 Å². The Balaban J connectivity index is 1.36. The molecule has 5 rings (SSSR count). The quantitative estimate of drug-likeness (QED) is 0.469. The van der Waals surface area contributed by atoms with E-state index in [1.165, 1.54) is 12.8 Å². The van der Waals surface area contributed by atoms with E-state index in [0.717, 1.165) is 29.9 Å². The van der Waals surface area contributed by atoms with Gasteiger partial charge < -0.3 is 19.5 Å². The van der Waals surface area contributed by atoms with Gasteiger partial charge in [-0.25, -0.2) is 9.78 Å². The first-order valence-electron chi connectivity index (χ1n) is 11.9. The van der Waals surface area contributed by atoms with E-state index in [4.69, 9.17) is 21.1 Å². The van der Waals surface area contributed by atoms with Crippen molar-refractivity contribution in [1.82, 2.24) is 19.7 Å². The van der Waals surface area contributed by atoms with Gasteiger partial charge in [0.25, 0.3) is 0 Å². The van der Waals surface area contributed by atoms with Gasteiger partial charge in [0.05, 0.1) is 11.6 Å². The van der Waals surface area contributed by atoms with E-state index in [0.29, 0.717) is 29.3 Å². The second-order valence-electron chi connectivity index (χ2n) is 10.3. The number of aromatic amines is 1. The number of ether oxygens (including phenoxy) is 2. The molecule has 1 aromatic carbocycles. The molecule has 1 saturated carbocycles. The number of benzene rings is 1. The van der Waals surface area contributed by atoms with Crippen LogP contribution in [0.1, 0.15) is 58.1 Å². The number of hydrogen-bond donors (Lipinski definition) is 2. The molecule has 1 aliphatic heterocycles. The van der Waals surface area contributed by atoms with E-state index >= 15 is 0 Å². The molecule has 2 fully saturated rings. The summed E-state index contributed by atoms with van der Waals surface area (Å²) in [5, 5.41) is 15.1. The van der Waals surface area contributed by atoms with Crippen molar-refractivity contribution in [1.29, 1.82) is 0 Å². The number of amides is 1. The zero-order chi connectivity index (χ0) is 24.0. The Morgan fingerprint density at radius 1 is 1.29 bits per heavy atom. The largest absolute Gasteiger partial charge is 0.444 e. The lowest BCUT2D eigenvalue weighted by Crippen LogP contribution is -2.42. The maximum Gasteiger partial charge on any atom is 0.410 e. The predicted octanol–water partition coefficient (Wildman–Crippen LogP) is 5.65. The smallest absolute Gasteiger partial charge is 0.410 e. The average Bonchev–Trinajstić information content (AvgIpc) is 3.45. The summed E-state index contributed by atoms with van der Waals surface area (Å²) < 4.78 is 13.8. The first kappa shape index (κ1) is 23.1. The number of nitrogens with zero attached hydrogens (tertiary/aromatic N) is 3. The summed E-state index contributed by atoms with van der Waals surface area (Å²) in [4.78, 5) is 18.7. The molecule has 2 aliphatic rings. The average molecular weight is 487 g/mol. The van der Waals surface area contributed by atoms with Crippen molar-refractivity contribution in [2.24, 2.45) is 5.92 Å². The molecule has 3 heterocycles. The van der Waals surface area contributed by atoms with Gasteiger partial charge in [-0.15, -0.1) is 0 Å². The molecule has 1 aliphatic carbocycles. The van der Waals surface area contributed by atoms with E-state index in [1.54, 1.807) is 23.2 Å². The minimum atomic E-state index is -0.976. The van der Waals surface area contributed by atoms with Crippen LogP contribution in [-0.2, 0) is 11.3 Å². The van der Waals surface area contributed by atoms with Gasteiger partial charge in [0.2, 0.25) is 5.88 Å². The highest BCUT2D eigenvalue weighted by molar-refractivity contribution is 6.36. The van der Waals surface area contributed by atoms with Crippen molar-refractivity contribution in [2.45, 2.75) is 70.7 Å². The fraction of sp³-hybridized carbons (Fsp3) is 0.520. The molecule has 1 amide bonds. The molecule has 1 saturated heterocycles. The third kappa shape index (κ3) is 4.61. The Kier molecular flexibility index (Phi) is 5.98. The van der Waals surface area contributed by atoms with Crippen LogP contribution in [0.2, 0.25) is 5.02 Å². The molecule has 0 radical (unpaired) electrons. The second-order valence-corrected chi connectivity index (χ2v) is 10.6. The Labute approximate surface area is 203 Å². The highest BCUT2D eigenvalue weighted by Crippen LogP contribution is 2.40. The van der Waals surface area contributed by atoms with E-state index in [-0.39, 0.29) is 5.88 Å². The maximum atomic E-state index is 12.7. The lowest BCUT2D eigenvalue weighted by molar-refractivity contribution is 0.00450. The number of H-pyrrole nitrogens is 1. The Morgan fingerprint density at radius 3 is 2.82 bits per heavy atom. The number of carbonyl (C=O) groups is 1. The highest BCUT2D eigenvalue weighted by Gasteiger charge is 2.38. The number of rotatable bonds is 6. The van der Waals surface area contributed by atoms with Crippen LogP contribution < -0.4 is 4.74 Å². The molecule has 2 atom stereocenters. The molecule has 182 valence electrons. The first-order valence-corrected chi connectivity index (χ1v) is 12.3. The summed E-state index contributed by atoms with van der Waals surface area (Å²) in [5.74, 6) is 1.48. The highest BCUT2D eigenvalue weighted by atomic mass is 35.5. The number of likely N-dealkylation sites (tertiary alicyclic amines) is 1. The second kappa shape index (κ2) is 8.82. The van der Waals surface area contributed by atoms with Crippen LogP contribution in [0.5, 0.6) is 11.6 Å². The maximum absolute atomic E-state index is 12.7. The summed E-state index contributed by atoms with van der Waals surface area (Å²) in [7, 11) is 0. The van der Waals surface area contributed by atoms with Crippen molar-refractivity contribution in [3.63, 3.8) is 0 Å². The van der Waals surface area contributed by atoms with Gasteiger partial charge in [0.1, 0.15) is 28.0 Å². The molecule has 0 bridgehead atoms. The summed E-state index contributed by atoms with van der Waals surface area (Å²) in [6.07, 6.45) is 4.21. The van der Waals surface area contributed by atoms with E-state index in [2.05, 4.69) is 14.8 Å². The van der Waals surface area contributed by atoms with Crippen LogP contribution in [-0.4, -0.2) is 49.1 Å². The lowest BCUT2D eigenvalue weighted by atomic mass is 10.0. The van der Waals surface area contributed by atoms with Crippen LogP contribution in [0.15, 0.2) is 30.5 Å². The Hall–Kier alpha value is -2.71. The zero-order valence-electron chi connectivity index (χ0n) is 19.8. The minimum Gasteiger partial charge on any atom is -0.444 e. The minimum absolute atomic E-state index is 0.266. The van der Waals surface area contributed by atoms with Crippen LogP contribution in [0.25, 0.3) is 11.0 Å². The first-order chi connectivity index (χ1) is 16.2. The molecule has 2 unspecified atom stereocenters. The van der Waals surface area contributed by atoms with Gasteiger partial charge in [-0.3, -0.25) is 9.78 Å². The van der Waals surface area contributed by atoms with Crippen LogP contribution in [0.3, 0.4) is 0 Å². The third-order valence-electron chi connectivity index (χ3n) is 6.38. The molecular formula is C25H31ClN4O4. The number of aromatic nitrogens is 3. The van der Waals surface area contributed by atoms with E-state index in [1.807, 2.05) is 32.9 Å². The topological polar surface area (TPSA) is 92.6 Å². The molecule has 8 nitrogen and oxygen atoms in total. The van der Waals surface area contributed by atoms with E-state index in [9.17, 15) is 9.90 Å². The summed E-state index contributed by atoms with van der Waals surface area (Å²) in [6.45, 7) is 7.01. The number of pyridine rings is 1. The SMILES string of the molecule is CC(C)(C)OC(=O)N1CCCC1C(O)c1cccnc1Oc1ccc2c([nH]n2CC2CC2)c1Cl. The van der Waals surface area contributed by atoms with Crippen LogP contribution >= 0.6 is 11.6 Å². The van der Waals surface area contributed by atoms with Gasteiger partial charge in [-0.05, 0) is 76.6 Å². The van der Waals surface area contributed by atoms with Crippen molar-refractivity contribution < 1.29 is 19.4 Å². The zero-order valence-corrected chi connectivity index (χ0v) is 20.5. The van der Waals surface area contributed by atoms with Crippen molar-refractivity contribution >= 4 is 28.7 Å². The van der Waals surface area contributed by atoms with Gasteiger partial charge in [0, 0.05) is 24.8 Å². The molecule has 0 spiro atoms. The fourth-order valence-corrected chi connectivity index (χ4v) is 4.74. The standard InChI is InChI=1S/C25H31ClN4O4/c1-25(2,3)34-24(32)29-13-5-7-18(29)22(31)16-6-4-12-27-23(16)33-19-11-10-17-21(20(19)26)28-30(17)14-15-8-9-15/h4,6,10-12,15,18,22,28,31H,5,7-9,13-14H2,1-3H3. The molecule has 2 N–H and O–H groups in total. The third-order valence-corrected chi connectivity index (χ3v) is 6.75. The Bertz CT molecular complexity index is 1190. The number of aliphatic hydroxyl groups is 1. The number of fused-ring (bicyclic) bond motifs is 1. The van der Waals surface area contributed by atoms with Crippen molar-refractivity contribution in [2.75, 3.05) is 6.54 Å². The predicted molar refractivity (Wildman–Crippen MR) is 129 cm³/mol. The van der Waals surface area contributed by atoms with Crippen LogP contribution in [0, 0.1) is 5.92 Å². The number of carbonyl (C=O) groups excluding carboxylic acids is 1. The number of hydrogen-bond acceptors (Lipinski definition) is 5. The normalized spacial score (nSPS) is 19.6. The number of nitrogens with one attached hydrogen (secondary N) is 1. The lowest BCUT2D eigenvalue weighted by Gasteiger charge is -2.31. The number of aliphatic hydroxyl groups excluding tert-OH is 1. The van der Waals surface area contributed by atoms with Crippen LogP contribution in [0.4, 0.5) is 4.79 Å². The molecule has 34 heavy (non-hydrogen) atoms. The van der Waals surface area contributed by atoms with Gasteiger partial charge in [0.15, 0.2) is 0 Å². The van der Waals surface area contributed by atoms with Crippen molar-refractivity contribution in [3.8, 4) is 11.6 Å². The molecule has 2 aromatic heterocycles. The molecule has 9 heteroatoms. The van der Waals surface area contributed by atoms with Gasteiger partial charge in [-0.1, -0.05) is 11.6 Å². The monoisotopic (exact) mass is 486 g/mol. The molecular weight excluding hydrogens is 456 g/mol. The van der Waals surface area contributed by atoms with E-state index < -0.39 is 23.8 Å². The Morgan fingerprint density at radius 2 is 2.09 bits per heavy atom. The summed E-state index contributed by atoms with van der Waals surface area (Å²) in [6, 6.07) is 6.90. The van der Waals surface area contributed by atoms with Gasteiger partial charge in [-0.2, -0.15) is 0 Å². The summed E-state index contributed by atoms with van der Waals surface area (Å²) in [5.41, 5.74) is 1.80. The molecule has 3 aromatic rings. The fourth-order valence-electron chi connectivity index (χ4n) is 4.49. The number of halogens is 1. The van der Waals surface area contributed by atoms with Crippen molar-refractivity contribution in [3.05, 3.63) is 41.0 Å².